The van der Waals surface area contributed by atoms with Crippen LogP contribution in [0.4, 0.5) is 11.5 Å². The highest BCUT2D eigenvalue weighted by atomic mass is 35.5. The molecule has 1 N–H and O–H groups in total. The fourth-order valence-corrected chi connectivity index (χ4v) is 1.07. The Bertz CT molecular complexity index is 251. The topological polar surface area (TPSA) is 41.0 Å². The van der Waals surface area contributed by atoms with Gasteiger partial charge in [0.15, 0.2) is 5.82 Å². The van der Waals surface area contributed by atoms with Crippen LogP contribution in [0.2, 0.25) is 0 Å². The van der Waals surface area contributed by atoms with Gasteiger partial charge in [-0.2, -0.15) is 0 Å². The summed E-state index contributed by atoms with van der Waals surface area (Å²) in [6.45, 7) is 0.593. The van der Waals surface area contributed by atoms with Gasteiger partial charge in [-0.1, -0.05) is 0 Å². The Labute approximate surface area is 63.0 Å². The highest BCUT2D eigenvalue weighted by Crippen LogP contribution is 2.27. The van der Waals surface area contributed by atoms with Gasteiger partial charge in [0.25, 0.3) is 0 Å². The van der Waals surface area contributed by atoms with Gasteiger partial charge in [0.05, 0.1) is 11.9 Å². The molecular weight excluding hydrogens is 152 g/mol. The average Bonchev–Trinajstić information content (AvgIpc) is 2.34. The molecule has 5 heteroatoms. The monoisotopic (exact) mass is 156 g/mol. The second-order valence-corrected chi connectivity index (χ2v) is 2.37. The Balaban J connectivity index is 2.51. The second kappa shape index (κ2) is 1.98. The lowest BCUT2D eigenvalue weighted by atomic mass is 10.5. The van der Waals surface area contributed by atoms with E-state index in [-0.39, 0.29) is 0 Å². The van der Waals surface area contributed by atoms with Gasteiger partial charge in [-0.3, -0.25) is 0 Å². The van der Waals surface area contributed by atoms with Crippen molar-refractivity contribution in [2.75, 3.05) is 16.4 Å². The SMILES string of the molecule is ClN1CNc2cncnc21. The third-order valence-corrected chi connectivity index (χ3v) is 1.61. The largest absolute Gasteiger partial charge is 0.362 e. The molecule has 0 unspecified atom stereocenters. The van der Waals surface area contributed by atoms with Crippen LogP contribution in [0.1, 0.15) is 0 Å². The maximum atomic E-state index is 5.72. The molecule has 0 bridgehead atoms. The minimum atomic E-state index is 0.593. The molecule has 1 aliphatic heterocycles. The third-order valence-electron chi connectivity index (χ3n) is 1.33. The standard InChI is InChI=1S/C5H5ClN4/c6-10-3-9-4-1-7-2-8-5(4)10/h1-2,9H,3H2. The maximum absolute atomic E-state index is 5.72. The van der Waals surface area contributed by atoms with Crippen LogP contribution in [0.3, 0.4) is 0 Å². The number of aromatic nitrogens is 2. The van der Waals surface area contributed by atoms with Crippen LogP contribution in [-0.4, -0.2) is 16.6 Å². The number of anilines is 2. The van der Waals surface area contributed by atoms with E-state index in [9.17, 15) is 0 Å². The third kappa shape index (κ3) is 0.690. The van der Waals surface area contributed by atoms with Gasteiger partial charge >= 0.3 is 0 Å². The Kier molecular flexibility index (Phi) is 1.14. The molecule has 0 aromatic carbocycles. The summed E-state index contributed by atoms with van der Waals surface area (Å²) in [6, 6.07) is 0. The molecule has 1 aromatic heterocycles. The zero-order chi connectivity index (χ0) is 6.97. The molecule has 0 aliphatic carbocycles. The van der Waals surface area contributed by atoms with Crippen LogP contribution in [0.15, 0.2) is 12.5 Å². The number of halogens is 1. The van der Waals surface area contributed by atoms with Crippen LogP contribution in [-0.2, 0) is 0 Å². The van der Waals surface area contributed by atoms with E-state index in [1.807, 2.05) is 0 Å². The van der Waals surface area contributed by atoms with Crippen molar-refractivity contribution < 1.29 is 0 Å². The van der Waals surface area contributed by atoms with E-state index in [0.29, 0.717) is 6.67 Å². The Morgan fingerprint density at radius 2 is 2.60 bits per heavy atom. The highest BCUT2D eigenvalue weighted by Gasteiger charge is 2.16. The molecule has 52 valence electrons. The van der Waals surface area contributed by atoms with E-state index in [1.165, 1.54) is 10.7 Å². The first kappa shape index (κ1) is 5.73. The van der Waals surface area contributed by atoms with Crippen molar-refractivity contribution in [3.63, 3.8) is 0 Å². The first-order chi connectivity index (χ1) is 4.88. The second-order valence-electron chi connectivity index (χ2n) is 1.96. The quantitative estimate of drug-likeness (QED) is 0.565. The summed E-state index contributed by atoms with van der Waals surface area (Å²) in [5, 5.41) is 3.02. The van der Waals surface area contributed by atoms with Crippen molar-refractivity contribution in [1.82, 2.24) is 9.97 Å². The van der Waals surface area contributed by atoms with E-state index in [2.05, 4.69) is 15.3 Å². The zero-order valence-electron chi connectivity index (χ0n) is 5.08. The van der Waals surface area contributed by atoms with Gasteiger partial charge in [-0.15, -0.1) is 0 Å². The molecular formula is C5H5ClN4. The molecule has 0 atom stereocenters. The summed E-state index contributed by atoms with van der Waals surface area (Å²) in [4.78, 5) is 7.79. The van der Waals surface area contributed by atoms with Gasteiger partial charge in [0.2, 0.25) is 0 Å². The minimum Gasteiger partial charge on any atom is -0.362 e. The van der Waals surface area contributed by atoms with Crippen LogP contribution in [0.5, 0.6) is 0 Å². The molecule has 0 fully saturated rings. The average molecular weight is 157 g/mol. The molecule has 4 nitrogen and oxygen atoms in total. The van der Waals surface area contributed by atoms with Crippen molar-refractivity contribution in [2.24, 2.45) is 0 Å². The lowest BCUT2D eigenvalue weighted by molar-refractivity contribution is 1.13. The maximum Gasteiger partial charge on any atom is 0.171 e. The number of nitrogens with one attached hydrogen (secondary N) is 1. The van der Waals surface area contributed by atoms with Crippen molar-refractivity contribution in [2.45, 2.75) is 0 Å². The highest BCUT2D eigenvalue weighted by molar-refractivity contribution is 6.26. The van der Waals surface area contributed by atoms with E-state index in [4.69, 9.17) is 11.8 Å². The molecule has 2 heterocycles. The fraction of sp³-hybridized carbons (Fsp3) is 0.200. The predicted molar refractivity (Wildman–Crippen MR) is 38.9 cm³/mol. The van der Waals surface area contributed by atoms with Crippen molar-refractivity contribution >= 4 is 23.3 Å². The lowest BCUT2D eigenvalue weighted by Gasteiger charge is -2.01. The normalized spacial score (nSPS) is 14.7. The molecule has 0 spiro atoms. The molecule has 0 radical (unpaired) electrons. The summed E-state index contributed by atoms with van der Waals surface area (Å²) < 4.78 is 1.51. The fourth-order valence-electron chi connectivity index (χ4n) is 0.871. The first-order valence-corrected chi connectivity index (χ1v) is 3.19. The lowest BCUT2D eigenvalue weighted by Crippen LogP contribution is -2.09. The van der Waals surface area contributed by atoms with Gasteiger partial charge in [0.1, 0.15) is 13.0 Å². The number of hydrogen-bond acceptors (Lipinski definition) is 4. The Hall–Kier alpha value is -1.03. The van der Waals surface area contributed by atoms with Crippen molar-refractivity contribution in [1.29, 1.82) is 0 Å². The zero-order valence-corrected chi connectivity index (χ0v) is 5.84. The summed E-state index contributed by atoms with van der Waals surface area (Å²) in [5.74, 6) is 0.747. The number of nitrogens with zero attached hydrogens (tertiary/aromatic N) is 3. The van der Waals surface area contributed by atoms with E-state index >= 15 is 0 Å². The molecule has 0 amide bonds. The van der Waals surface area contributed by atoms with Gasteiger partial charge in [-0.05, 0) is 0 Å². The number of rotatable bonds is 0. The molecule has 1 aliphatic rings. The molecule has 10 heavy (non-hydrogen) atoms. The van der Waals surface area contributed by atoms with Crippen LogP contribution in [0, 0.1) is 0 Å². The van der Waals surface area contributed by atoms with E-state index in [0.717, 1.165) is 11.5 Å². The Morgan fingerprint density at radius 3 is 3.40 bits per heavy atom. The molecule has 2 rings (SSSR count). The van der Waals surface area contributed by atoms with E-state index < -0.39 is 0 Å². The Morgan fingerprint density at radius 1 is 1.70 bits per heavy atom. The minimum absolute atomic E-state index is 0.593. The molecule has 0 saturated heterocycles. The summed E-state index contributed by atoms with van der Waals surface area (Å²) in [6.07, 6.45) is 3.17. The number of hydrogen-bond donors (Lipinski definition) is 1. The smallest absolute Gasteiger partial charge is 0.171 e. The molecule has 0 saturated carbocycles. The summed E-state index contributed by atoms with van der Waals surface area (Å²) >= 11 is 5.72. The molecule has 1 aromatic rings. The van der Waals surface area contributed by atoms with Gasteiger partial charge in [-0.25, -0.2) is 14.4 Å². The summed E-state index contributed by atoms with van der Waals surface area (Å²) in [5.41, 5.74) is 0.887. The number of fused-ring (bicyclic) bond motifs is 1. The van der Waals surface area contributed by atoms with E-state index in [1.54, 1.807) is 6.20 Å². The first-order valence-electron chi connectivity index (χ1n) is 2.85. The van der Waals surface area contributed by atoms with Gasteiger partial charge < -0.3 is 5.32 Å². The van der Waals surface area contributed by atoms with Crippen molar-refractivity contribution in [3.8, 4) is 0 Å². The van der Waals surface area contributed by atoms with Crippen LogP contribution in [0.25, 0.3) is 0 Å². The van der Waals surface area contributed by atoms with Gasteiger partial charge in [0, 0.05) is 11.8 Å². The summed E-state index contributed by atoms with van der Waals surface area (Å²) in [7, 11) is 0. The van der Waals surface area contributed by atoms with Crippen LogP contribution < -0.4 is 9.74 Å². The van der Waals surface area contributed by atoms with Crippen LogP contribution >= 0.6 is 11.8 Å². The van der Waals surface area contributed by atoms with Crippen molar-refractivity contribution in [3.05, 3.63) is 12.5 Å². The predicted octanol–water partition coefficient (Wildman–Crippen LogP) is 0.820.